The molecular weight excluding hydrogens is 298 g/mol. The summed E-state index contributed by atoms with van der Waals surface area (Å²) in [5.41, 5.74) is 0.364. The average molecular weight is 315 g/mol. The predicted octanol–water partition coefficient (Wildman–Crippen LogP) is 0.566. The fourth-order valence-corrected chi connectivity index (χ4v) is 2.04. The predicted molar refractivity (Wildman–Crippen MR) is 76.3 cm³/mol. The molecule has 0 aliphatic rings. The summed E-state index contributed by atoms with van der Waals surface area (Å²) < 4.78 is 22.1. The van der Waals surface area contributed by atoms with E-state index in [1.165, 1.54) is 24.3 Å². The lowest BCUT2D eigenvalue weighted by Gasteiger charge is -2.12. The van der Waals surface area contributed by atoms with Crippen LogP contribution in [0.1, 0.15) is 13.3 Å². The Hall–Kier alpha value is -2.13. The minimum Gasteiger partial charge on any atom is -0.481 e. The Balaban J connectivity index is 2.57. The standard InChI is InChI=1S/C12H17N3O5S/c1-2-8(11(16)17)7-14-12(18)15-9-3-5-10(6-4-9)21(13,19)20/h3-6,8H,2,7H2,1H3,(H,16,17)(H2,13,19,20)(H2,14,15,18). The van der Waals surface area contributed by atoms with Gasteiger partial charge in [0.25, 0.3) is 0 Å². The molecule has 1 atom stereocenters. The summed E-state index contributed by atoms with van der Waals surface area (Å²) in [5.74, 6) is -1.63. The van der Waals surface area contributed by atoms with Gasteiger partial charge in [0.2, 0.25) is 10.0 Å². The van der Waals surface area contributed by atoms with Crippen LogP contribution in [-0.2, 0) is 14.8 Å². The first-order valence-electron chi connectivity index (χ1n) is 6.14. The number of aliphatic carboxylic acids is 1. The van der Waals surface area contributed by atoms with E-state index in [4.69, 9.17) is 10.2 Å². The number of hydrogen-bond donors (Lipinski definition) is 4. The molecule has 2 amide bonds. The largest absolute Gasteiger partial charge is 0.481 e. The van der Waals surface area contributed by atoms with Crippen LogP contribution in [0.5, 0.6) is 0 Å². The number of carboxylic acids is 1. The number of rotatable bonds is 6. The Morgan fingerprint density at radius 1 is 1.29 bits per heavy atom. The lowest BCUT2D eigenvalue weighted by molar-refractivity contribution is -0.141. The van der Waals surface area contributed by atoms with Gasteiger partial charge in [-0.05, 0) is 30.7 Å². The molecule has 8 nitrogen and oxygen atoms in total. The Morgan fingerprint density at radius 2 is 1.86 bits per heavy atom. The SMILES string of the molecule is CCC(CNC(=O)Nc1ccc(S(N)(=O)=O)cc1)C(=O)O. The molecular formula is C12H17N3O5S. The van der Waals surface area contributed by atoms with E-state index in [1.807, 2.05) is 0 Å². The van der Waals surface area contributed by atoms with Crippen molar-refractivity contribution in [2.45, 2.75) is 18.2 Å². The molecule has 1 unspecified atom stereocenters. The zero-order valence-corrected chi connectivity index (χ0v) is 12.2. The van der Waals surface area contributed by atoms with Crippen LogP contribution in [0.3, 0.4) is 0 Å². The van der Waals surface area contributed by atoms with Crippen LogP contribution in [0.4, 0.5) is 10.5 Å². The highest BCUT2D eigenvalue weighted by Gasteiger charge is 2.15. The highest BCUT2D eigenvalue weighted by molar-refractivity contribution is 7.89. The van der Waals surface area contributed by atoms with Gasteiger partial charge in [0.05, 0.1) is 10.8 Å². The van der Waals surface area contributed by atoms with Crippen molar-refractivity contribution in [2.24, 2.45) is 11.1 Å². The quantitative estimate of drug-likeness (QED) is 0.607. The van der Waals surface area contributed by atoms with Crippen molar-refractivity contribution >= 4 is 27.7 Å². The first-order chi connectivity index (χ1) is 9.74. The van der Waals surface area contributed by atoms with Gasteiger partial charge in [-0.25, -0.2) is 18.4 Å². The summed E-state index contributed by atoms with van der Waals surface area (Å²) in [7, 11) is -3.78. The molecule has 0 aliphatic carbocycles. The fourth-order valence-electron chi connectivity index (χ4n) is 1.53. The van der Waals surface area contributed by atoms with Crippen molar-refractivity contribution in [3.05, 3.63) is 24.3 Å². The van der Waals surface area contributed by atoms with Crippen molar-refractivity contribution in [1.82, 2.24) is 5.32 Å². The Kier molecular flexibility index (Phi) is 5.68. The van der Waals surface area contributed by atoms with Gasteiger partial charge in [0, 0.05) is 12.2 Å². The van der Waals surface area contributed by atoms with E-state index in [9.17, 15) is 18.0 Å². The van der Waals surface area contributed by atoms with Gasteiger partial charge in [-0.2, -0.15) is 0 Å². The second-order valence-electron chi connectivity index (χ2n) is 4.35. The third kappa shape index (κ3) is 5.40. The van der Waals surface area contributed by atoms with E-state index in [2.05, 4.69) is 10.6 Å². The third-order valence-electron chi connectivity index (χ3n) is 2.79. The minimum absolute atomic E-state index is 0.00687. The number of primary sulfonamides is 1. The van der Waals surface area contributed by atoms with Gasteiger partial charge in [0.15, 0.2) is 0 Å². The van der Waals surface area contributed by atoms with E-state index < -0.39 is 27.9 Å². The lowest BCUT2D eigenvalue weighted by atomic mass is 10.1. The molecule has 0 aromatic heterocycles. The van der Waals surface area contributed by atoms with Crippen LogP contribution < -0.4 is 15.8 Å². The lowest BCUT2D eigenvalue weighted by Crippen LogP contribution is -2.35. The summed E-state index contributed by atoms with van der Waals surface area (Å²) in [6, 6.07) is 4.72. The summed E-state index contributed by atoms with van der Waals surface area (Å²) in [6.45, 7) is 1.72. The first kappa shape index (κ1) is 16.9. The number of carbonyl (C=O) groups excluding carboxylic acids is 1. The Bertz CT molecular complexity index is 612. The normalized spacial score (nSPS) is 12.5. The number of benzene rings is 1. The molecule has 5 N–H and O–H groups in total. The van der Waals surface area contributed by atoms with Crippen LogP contribution in [0.2, 0.25) is 0 Å². The number of carboxylic acid groups (broad SMARTS) is 1. The molecule has 1 aromatic carbocycles. The molecule has 0 bridgehead atoms. The maximum absolute atomic E-state index is 11.6. The number of urea groups is 1. The molecule has 1 rings (SSSR count). The van der Waals surface area contributed by atoms with Crippen LogP contribution in [0.25, 0.3) is 0 Å². The van der Waals surface area contributed by atoms with Crippen LogP contribution in [-0.4, -0.2) is 32.1 Å². The maximum atomic E-state index is 11.6. The number of hydrogen-bond acceptors (Lipinski definition) is 4. The molecule has 0 spiro atoms. The van der Waals surface area contributed by atoms with E-state index in [1.54, 1.807) is 6.92 Å². The summed E-state index contributed by atoms with van der Waals surface area (Å²) >= 11 is 0. The smallest absolute Gasteiger partial charge is 0.319 e. The maximum Gasteiger partial charge on any atom is 0.319 e. The number of carbonyl (C=O) groups is 2. The molecule has 9 heteroatoms. The van der Waals surface area contributed by atoms with Crippen molar-refractivity contribution in [3.8, 4) is 0 Å². The minimum atomic E-state index is -3.78. The topological polar surface area (TPSA) is 139 Å². The number of anilines is 1. The molecule has 1 aromatic rings. The van der Waals surface area contributed by atoms with Gasteiger partial charge in [-0.3, -0.25) is 4.79 Å². The van der Waals surface area contributed by atoms with Gasteiger partial charge >= 0.3 is 12.0 Å². The molecule has 0 saturated carbocycles. The van der Waals surface area contributed by atoms with E-state index in [-0.39, 0.29) is 11.4 Å². The molecule has 0 saturated heterocycles. The monoisotopic (exact) mass is 315 g/mol. The summed E-state index contributed by atoms with van der Waals surface area (Å²) in [4.78, 5) is 22.3. The van der Waals surface area contributed by atoms with Gasteiger partial charge in [-0.1, -0.05) is 6.92 Å². The second kappa shape index (κ2) is 7.04. The summed E-state index contributed by atoms with van der Waals surface area (Å²) in [5, 5.41) is 18.7. The van der Waals surface area contributed by atoms with Crippen molar-refractivity contribution in [1.29, 1.82) is 0 Å². The Morgan fingerprint density at radius 3 is 2.29 bits per heavy atom. The van der Waals surface area contributed by atoms with Gasteiger partial charge in [0.1, 0.15) is 0 Å². The number of nitrogens with two attached hydrogens (primary N) is 1. The molecule has 21 heavy (non-hydrogen) atoms. The molecule has 116 valence electrons. The van der Waals surface area contributed by atoms with E-state index in [0.717, 1.165) is 0 Å². The van der Waals surface area contributed by atoms with Gasteiger partial charge in [-0.15, -0.1) is 0 Å². The number of sulfonamides is 1. The van der Waals surface area contributed by atoms with Gasteiger partial charge < -0.3 is 15.7 Å². The Labute approximate surface area is 122 Å². The molecule has 0 heterocycles. The highest BCUT2D eigenvalue weighted by Crippen LogP contribution is 2.12. The summed E-state index contributed by atoms with van der Waals surface area (Å²) in [6.07, 6.45) is 0.401. The van der Waals surface area contributed by atoms with E-state index >= 15 is 0 Å². The first-order valence-corrected chi connectivity index (χ1v) is 7.69. The fraction of sp³-hybridized carbons (Fsp3) is 0.333. The highest BCUT2D eigenvalue weighted by atomic mass is 32.2. The zero-order chi connectivity index (χ0) is 16.0. The zero-order valence-electron chi connectivity index (χ0n) is 11.4. The van der Waals surface area contributed by atoms with Crippen LogP contribution in [0.15, 0.2) is 29.2 Å². The number of nitrogens with one attached hydrogen (secondary N) is 2. The molecule has 0 fully saturated rings. The van der Waals surface area contributed by atoms with Crippen LogP contribution >= 0.6 is 0 Å². The number of amides is 2. The third-order valence-corrected chi connectivity index (χ3v) is 3.72. The average Bonchev–Trinajstić information content (AvgIpc) is 2.38. The van der Waals surface area contributed by atoms with E-state index in [0.29, 0.717) is 12.1 Å². The second-order valence-corrected chi connectivity index (χ2v) is 5.91. The molecule has 0 radical (unpaired) electrons. The van der Waals surface area contributed by atoms with Crippen molar-refractivity contribution in [2.75, 3.05) is 11.9 Å². The van der Waals surface area contributed by atoms with Crippen molar-refractivity contribution in [3.63, 3.8) is 0 Å². The van der Waals surface area contributed by atoms with Crippen LogP contribution in [0, 0.1) is 5.92 Å². The van der Waals surface area contributed by atoms with Crippen molar-refractivity contribution < 1.29 is 23.1 Å². The molecule has 0 aliphatic heterocycles.